The van der Waals surface area contributed by atoms with Crippen LogP contribution in [-0.2, 0) is 11.2 Å². The molecule has 0 spiro atoms. The topological polar surface area (TPSA) is 96.2 Å². The Kier molecular flexibility index (Phi) is 4.51. The Morgan fingerprint density at radius 2 is 2.08 bits per heavy atom. The SMILES string of the molecule is O=C(Cc1ccc(-n2cnnn2)cc1)N1CCCC(N2CCNC2=O)C1. The van der Waals surface area contributed by atoms with Gasteiger partial charge < -0.3 is 15.1 Å². The average molecular weight is 355 g/mol. The molecule has 1 atom stereocenters. The van der Waals surface area contributed by atoms with Crippen LogP contribution in [0, 0.1) is 0 Å². The molecular weight excluding hydrogens is 334 g/mol. The van der Waals surface area contributed by atoms with E-state index in [1.54, 1.807) is 4.68 Å². The van der Waals surface area contributed by atoms with Crippen molar-refractivity contribution in [3.05, 3.63) is 36.2 Å². The van der Waals surface area contributed by atoms with Crippen LogP contribution in [0.2, 0.25) is 0 Å². The highest BCUT2D eigenvalue weighted by molar-refractivity contribution is 5.79. The average Bonchev–Trinajstić information content (AvgIpc) is 3.34. The van der Waals surface area contributed by atoms with Gasteiger partial charge in [0.2, 0.25) is 5.91 Å². The molecule has 9 nitrogen and oxygen atoms in total. The third-order valence-electron chi connectivity index (χ3n) is 4.99. The first-order valence-electron chi connectivity index (χ1n) is 8.85. The van der Waals surface area contributed by atoms with Crippen molar-refractivity contribution in [1.82, 2.24) is 35.3 Å². The van der Waals surface area contributed by atoms with Gasteiger partial charge in [-0.3, -0.25) is 4.79 Å². The lowest BCUT2D eigenvalue weighted by Crippen LogP contribution is -2.51. The standard InChI is InChI=1S/C17H21N7O2/c25-16(10-13-3-5-14(6-4-13)24-12-19-20-21-24)22-8-1-2-15(11-22)23-9-7-18-17(23)26/h3-6,12,15H,1-2,7-11H2,(H,18,26). The fraction of sp³-hybridized carbons (Fsp3) is 0.471. The summed E-state index contributed by atoms with van der Waals surface area (Å²) in [5.41, 5.74) is 1.80. The van der Waals surface area contributed by atoms with Gasteiger partial charge in [0.1, 0.15) is 6.33 Å². The molecule has 1 N–H and O–H groups in total. The summed E-state index contributed by atoms with van der Waals surface area (Å²) in [6.45, 7) is 2.80. The molecule has 2 saturated heterocycles. The number of nitrogens with one attached hydrogen (secondary N) is 1. The number of amides is 3. The van der Waals surface area contributed by atoms with E-state index in [0.29, 0.717) is 19.5 Å². The fourth-order valence-electron chi connectivity index (χ4n) is 3.60. The van der Waals surface area contributed by atoms with Gasteiger partial charge in [0.05, 0.1) is 18.2 Å². The van der Waals surface area contributed by atoms with Crippen molar-refractivity contribution in [3.8, 4) is 5.69 Å². The summed E-state index contributed by atoms with van der Waals surface area (Å²) in [4.78, 5) is 28.3. The zero-order valence-corrected chi connectivity index (χ0v) is 14.4. The normalized spacial score (nSPS) is 20.3. The minimum absolute atomic E-state index is 0.0116. The third kappa shape index (κ3) is 3.37. The fourth-order valence-corrected chi connectivity index (χ4v) is 3.60. The van der Waals surface area contributed by atoms with E-state index in [0.717, 1.165) is 37.2 Å². The van der Waals surface area contributed by atoms with Gasteiger partial charge in [-0.25, -0.2) is 9.48 Å². The molecule has 2 aromatic rings. The van der Waals surface area contributed by atoms with E-state index in [1.165, 1.54) is 6.33 Å². The summed E-state index contributed by atoms with van der Waals surface area (Å²) in [6, 6.07) is 7.74. The molecule has 2 aliphatic heterocycles. The van der Waals surface area contributed by atoms with Crippen LogP contribution >= 0.6 is 0 Å². The maximum absolute atomic E-state index is 12.7. The van der Waals surface area contributed by atoms with Gasteiger partial charge in [-0.2, -0.15) is 0 Å². The number of benzene rings is 1. The van der Waals surface area contributed by atoms with E-state index in [2.05, 4.69) is 20.8 Å². The Bertz CT molecular complexity index is 775. The van der Waals surface area contributed by atoms with Crippen molar-refractivity contribution >= 4 is 11.9 Å². The molecule has 9 heteroatoms. The Hall–Kier alpha value is -2.97. The molecule has 26 heavy (non-hydrogen) atoms. The van der Waals surface area contributed by atoms with Crippen molar-refractivity contribution in [3.63, 3.8) is 0 Å². The molecule has 136 valence electrons. The Labute approximate surface area is 151 Å². The van der Waals surface area contributed by atoms with E-state index in [-0.39, 0.29) is 18.0 Å². The van der Waals surface area contributed by atoms with Crippen LogP contribution in [0.5, 0.6) is 0 Å². The number of piperidine rings is 1. The van der Waals surface area contributed by atoms with Crippen molar-refractivity contribution in [2.24, 2.45) is 0 Å². The van der Waals surface area contributed by atoms with Crippen LogP contribution in [0.15, 0.2) is 30.6 Å². The van der Waals surface area contributed by atoms with Crippen LogP contribution in [0.3, 0.4) is 0 Å². The summed E-state index contributed by atoms with van der Waals surface area (Å²) >= 11 is 0. The summed E-state index contributed by atoms with van der Waals surface area (Å²) < 4.78 is 1.57. The number of aromatic nitrogens is 4. The molecule has 4 rings (SSSR count). The largest absolute Gasteiger partial charge is 0.340 e. The Morgan fingerprint density at radius 3 is 2.77 bits per heavy atom. The van der Waals surface area contributed by atoms with Gasteiger partial charge >= 0.3 is 6.03 Å². The van der Waals surface area contributed by atoms with Crippen molar-refractivity contribution in [2.75, 3.05) is 26.2 Å². The summed E-state index contributed by atoms with van der Waals surface area (Å²) in [6.07, 6.45) is 3.77. The molecule has 1 aromatic carbocycles. The van der Waals surface area contributed by atoms with Gasteiger partial charge in [-0.15, -0.1) is 5.10 Å². The maximum atomic E-state index is 12.7. The van der Waals surface area contributed by atoms with Crippen LogP contribution in [-0.4, -0.2) is 74.2 Å². The number of hydrogen-bond donors (Lipinski definition) is 1. The van der Waals surface area contributed by atoms with Crippen LogP contribution in [0.25, 0.3) is 5.69 Å². The molecule has 3 heterocycles. The van der Waals surface area contributed by atoms with Crippen LogP contribution < -0.4 is 5.32 Å². The number of carbonyl (C=O) groups is 2. The number of rotatable bonds is 4. The first-order valence-corrected chi connectivity index (χ1v) is 8.85. The Balaban J connectivity index is 1.37. The van der Waals surface area contributed by atoms with Gasteiger partial charge in [-0.1, -0.05) is 12.1 Å². The second-order valence-electron chi connectivity index (χ2n) is 6.66. The maximum Gasteiger partial charge on any atom is 0.317 e. The molecule has 1 aromatic heterocycles. The third-order valence-corrected chi connectivity index (χ3v) is 4.99. The van der Waals surface area contributed by atoms with Gasteiger partial charge in [0.15, 0.2) is 0 Å². The number of likely N-dealkylation sites (tertiary alicyclic amines) is 1. The number of carbonyl (C=O) groups excluding carboxylic acids is 2. The highest BCUT2D eigenvalue weighted by Gasteiger charge is 2.32. The minimum atomic E-state index is -0.0116. The van der Waals surface area contributed by atoms with E-state index >= 15 is 0 Å². The Morgan fingerprint density at radius 1 is 1.23 bits per heavy atom. The molecule has 0 saturated carbocycles. The second-order valence-corrected chi connectivity index (χ2v) is 6.66. The lowest BCUT2D eigenvalue weighted by atomic mass is 10.0. The summed E-state index contributed by atoms with van der Waals surface area (Å²) in [5, 5.41) is 13.9. The highest BCUT2D eigenvalue weighted by Crippen LogP contribution is 2.19. The van der Waals surface area contributed by atoms with E-state index in [4.69, 9.17) is 0 Å². The van der Waals surface area contributed by atoms with E-state index < -0.39 is 0 Å². The van der Waals surface area contributed by atoms with Crippen LogP contribution in [0.4, 0.5) is 4.79 Å². The second kappa shape index (κ2) is 7.11. The van der Waals surface area contributed by atoms with Crippen LogP contribution in [0.1, 0.15) is 18.4 Å². The first kappa shape index (κ1) is 16.5. The molecule has 2 aliphatic rings. The minimum Gasteiger partial charge on any atom is -0.340 e. The van der Waals surface area contributed by atoms with Crippen molar-refractivity contribution < 1.29 is 9.59 Å². The zero-order chi connectivity index (χ0) is 17.9. The van der Waals surface area contributed by atoms with E-state index in [1.807, 2.05) is 34.1 Å². The molecule has 2 fully saturated rings. The predicted octanol–water partition coefficient (Wildman–Crippen LogP) is 0.221. The molecular formula is C17H21N7O2. The first-order chi connectivity index (χ1) is 12.7. The van der Waals surface area contributed by atoms with Gasteiger partial charge in [0.25, 0.3) is 0 Å². The van der Waals surface area contributed by atoms with E-state index in [9.17, 15) is 9.59 Å². The zero-order valence-electron chi connectivity index (χ0n) is 14.4. The number of urea groups is 1. The van der Waals surface area contributed by atoms with Crippen molar-refractivity contribution in [1.29, 1.82) is 0 Å². The number of nitrogens with zero attached hydrogens (tertiary/aromatic N) is 6. The molecule has 1 unspecified atom stereocenters. The monoisotopic (exact) mass is 355 g/mol. The predicted molar refractivity (Wildman–Crippen MR) is 92.6 cm³/mol. The quantitative estimate of drug-likeness (QED) is 0.846. The molecule has 0 radical (unpaired) electrons. The lowest BCUT2D eigenvalue weighted by Gasteiger charge is -2.37. The summed E-state index contributed by atoms with van der Waals surface area (Å²) in [7, 11) is 0. The molecule has 3 amide bonds. The molecule has 0 aliphatic carbocycles. The smallest absolute Gasteiger partial charge is 0.317 e. The summed E-state index contributed by atoms with van der Waals surface area (Å²) in [5.74, 6) is 0.101. The number of tetrazole rings is 1. The van der Waals surface area contributed by atoms with Gasteiger partial charge in [0, 0.05) is 26.2 Å². The number of hydrogen-bond acceptors (Lipinski definition) is 5. The molecule has 0 bridgehead atoms. The van der Waals surface area contributed by atoms with Crippen molar-refractivity contribution in [2.45, 2.75) is 25.3 Å². The highest BCUT2D eigenvalue weighted by atomic mass is 16.2. The lowest BCUT2D eigenvalue weighted by molar-refractivity contribution is -0.132. The van der Waals surface area contributed by atoms with Gasteiger partial charge in [-0.05, 0) is 41.0 Å².